The molecule has 25 heavy (non-hydrogen) atoms. The zero-order valence-electron chi connectivity index (χ0n) is 14.0. The number of rotatable bonds is 7. The predicted molar refractivity (Wildman–Crippen MR) is 97.4 cm³/mol. The van der Waals surface area contributed by atoms with E-state index in [-0.39, 0.29) is 23.6 Å². The van der Waals surface area contributed by atoms with Crippen LogP contribution in [-0.4, -0.2) is 23.6 Å². The number of hydrogen-bond acceptors (Lipinski definition) is 4. The highest BCUT2D eigenvalue weighted by Gasteiger charge is 2.19. The van der Waals surface area contributed by atoms with Crippen LogP contribution in [0.15, 0.2) is 52.0 Å². The Balaban J connectivity index is 1.53. The Morgan fingerprint density at radius 3 is 2.68 bits per heavy atom. The minimum Gasteiger partial charge on any atom is -0.467 e. The average Bonchev–Trinajstić information content (AvgIpc) is 3.32. The van der Waals surface area contributed by atoms with E-state index in [0.29, 0.717) is 12.1 Å². The molecule has 6 heteroatoms. The fraction of sp³-hybridized carbons (Fsp3) is 0.368. The summed E-state index contributed by atoms with van der Waals surface area (Å²) in [6.07, 6.45) is 6.04. The smallest absolute Gasteiger partial charge is 0.252 e. The van der Waals surface area contributed by atoms with Gasteiger partial charge in [0.1, 0.15) is 5.76 Å². The van der Waals surface area contributed by atoms with Gasteiger partial charge in [-0.25, -0.2) is 0 Å². The van der Waals surface area contributed by atoms with Crippen molar-refractivity contribution in [2.45, 2.75) is 43.2 Å². The van der Waals surface area contributed by atoms with Gasteiger partial charge in [0.15, 0.2) is 0 Å². The normalized spacial score (nSPS) is 14.4. The molecule has 0 unspecified atom stereocenters. The highest BCUT2D eigenvalue weighted by molar-refractivity contribution is 8.00. The van der Waals surface area contributed by atoms with Crippen LogP contribution in [0.4, 0.5) is 0 Å². The van der Waals surface area contributed by atoms with Gasteiger partial charge in [-0.2, -0.15) is 0 Å². The van der Waals surface area contributed by atoms with Gasteiger partial charge in [0.2, 0.25) is 5.91 Å². The van der Waals surface area contributed by atoms with Crippen molar-refractivity contribution >= 4 is 23.6 Å². The van der Waals surface area contributed by atoms with Gasteiger partial charge in [-0.3, -0.25) is 9.59 Å². The number of benzene rings is 1. The number of amides is 2. The number of thioether (sulfide) groups is 1. The zero-order valence-corrected chi connectivity index (χ0v) is 14.8. The fourth-order valence-electron chi connectivity index (χ4n) is 2.91. The SMILES string of the molecule is O=C(CSc1ccccc1C(=O)NC1CCCC1)NCc1ccco1. The lowest BCUT2D eigenvalue weighted by molar-refractivity contribution is -0.118. The molecular weight excluding hydrogens is 336 g/mol. The van der Waals surface area contributed by atoms with Crippen LogP contribution in [0.5, 0.6) is 0 Å². The summed E-state index contributed by atoms with van der Waals surface area (Å²) in [5.41, 5.74) is 0.637. The van der Waals surface area contributed by atoms with Gasteiger partial charge in [0, 0.05) is 10.9 Å². The molecule has 0 radical (unpaired) electrons. The molecule has 3 rings (SSSR count). The van der Waals surface area contributed by atoms with E-state index >= 15 is 0 Å². The lowest BCUT2D eigenvalue weighted by Gasteiger charge is -2.14. The fourth-order valence-corrected chi connectivity index (χ4v) is 3.79. The van der Waals surface area contributed by atoms with Gasteiger partial charge in [0.05, 0.1) is 24.1 Å². The first-order valence-electron chi connectivity index (χ1n) is 8.54. The third-order valence-electron chi connectivity index (χ3n) is 4.22. The van der Waals surface area contributed by atoms with Crippen LogP contribution in [0.25, 0.3) is 0 Å². The maximum absolute atomic E-state index is 12.5. The van der Waals surface area contributed by atoms with Crippen LogP contribution >= 0.6 is 11.8 Å². The molecule has 1 aromatic carbocycles. The molecule has 0 saturated heterocycles. The molecule has 1 heterocycles. The Labute approximate surface area is 151 Å². The molecule has 1 aliphatic rings. The second kappa shape index (κ2) is 8.76. The second-order valence-electron chi connectivity index (χ2n) is 6.10. The van der Waals surface area contributed by atoms with Crippen LogP contribution in [-0.2, 0) is 11.3 Å². The highest BCUT2D eigenvalue weighted by atomic mass is 32.2. The van der Waals surface area contributed by atoms with Crippen molar-refractivity contribution in [3.63, 3.8) is 0 Å². The maximum Gasteiger partial charge on any atom is 0.252 e. The summed E-state index contributed by atoms with van der Waals surface area (Å²) in [6.45, 7) is 0.371. The molecular formula is C19H22N2O3S. The van der Waals surface area contributed by atoms with E-state index in [9.17, 15) is 9.59 Å². The van der Waals surface area contributed by atoms with E-state index in [1.54, 1.807) is 12.3 Å². The standard InChI is InChI=1S/C19H22N2O3S/c22-18(20-12-15-8-5-11-24-15)13-25-17-10-4-3-9-16(17)19(23)21-14-6-1-2-7-14/h3-5,8-11,14H,1-2,6-7,12-13H2,(H,20,22)(H,21,23). The molecule has 0 atom stereocenters. The quantitative estimate of drug-likeness (QED) is 0.745. The zero-order chi connectivity index (χ0) is 17.5. The molecule has 1 fully saturated rings. The molecule has 1 saturated carbocycles. The van der Waals surface area contributed by atoms with E-state index in [1.807, 2.05) is 30.3 Å². The number of carbonyl (C=O) groups is 2. The largest absolute Gasteiger partial charge is 0.467 e. The molecule has 1 aliphatic carbocycles. The molecule has 132 valence electrons. The molecule has 5 nitrogen and oxygen atoms in total. The molecule has 0 bridgehead atoms. The summed E-state index contributed by atoms with van der Waals surface area (Å²) in [5, 5.41) is 5.91. The summed E-state index contributed by atoms with van der Waals surface area (Å²) in [5.74, 6) is 0.835. The van der Waals surface area contributed by atoms with Gasteiger partial charge >= 0.3 is 0 Å². The predicted octanol–water partition coefficient (Wildman–Crippen LogP) is 3.36. The van der Waals surface area contributed by atoms with Crippen LogP contribution in [0.1, 0.15) is 41.8 Å². The Morgan fingerprint density at radius 1 is 1.12 bits per heavy atom. The summed E-state index contributed by atoms with van der Waals surface area (Å²) < 4.78 is 5.19. The topological polar surface area (TPSA) is 71.3 Å². The Hall–Kier alpha value is -2.21. The maximum atomic E-state index is 12.5. The van der Waals surface area contributed by atoms with Crippen molar-refractivity contribution in [2.24, 2.45) is 0 Å². The van der Waals surface area contributed by atoms with Crippen LogP contribution < -0.4 is 10.6 Å². The third-order valence-corrected chi connectivity index (χ3v) is 5.29. The lowest BCUT2D eigenvalue weighted by Crippen LogP contribution is -2.33. The Kier molecular flexibility index (Phi) is 6.17. The summed E-state index contributed by atoms with van der Waals surface area (Å²) >= 11 is 1.38. The minimum atomic E-state index is -0.0904. The Bertz CT molecular complexity index is 709. The van der Waals surface area contributed by atoms with E-state index in [2.05, 4.69) is 10.6 Å². The first-order valence-corrected chi connectivity index (χ1v) is 9.52. The number of carbonyl (C=O) groups excluding carboxylic acids is 2. The minimum absolute atomic E-state index is 0.0500. The van der Waals surface area contributed by atoms with Crippen LogP contribution in [0, 0.1) is 0 Å². The highest BCUT2D eigenvalue weighted by Crippen LogP contribution is 2.24. The van der Waals surface area contributed by atoms with E-state index in [1.165, 1.54) is 24.6 Å². The number of furan rings is 1. The van der Waals surface area contributed by atoms with E-state index < -0.39 is 0 Å². The third kappa shape index (κ3) is 5.13. The molecule has 0 spiro atoms. The van der Waals surface area contributed by atoms with Crippen LogP contribution in [0.2, 0.25) is 0 Å². The van der Waals surface area contributed by atoms with Crippen molar-refractivity contribution in [1.82, 2.24) is 10.6 Å². The van der Waals surface area contributed by atoms with Crippen LogP contribution in [0.3, 0.4) is 0 Å². The van der Waals surface area contributed by atoms with E-state index in [4.69, 9.17) is 4.42 Å². The van der Waals surface area contributed by atoms with E-state index in [0.717, 1.165) is 23.5 Å². The molecule has 0 aliphatic heterocycles. The second-order valence-corrected chi connectivity index (χ2v) is 7.11. The van der Waals surface area contributed by atoms with Crippen molar-refractivity contribution in [1.29, 1.82) is 0 Å². The lowest BCUT2D eigenvalue weighted by atomic mass is 10.2. The summed E-state index contributed by atoms with van der Waals surface area (Å²) in [4.78, 5) is 25.3. The number of hydrogen-bond donors (Lipinski definition) is 2. The first-order chi connectivity index (χ1) is 12.2. The Morgan fingerprint density at radius 2 is 1.92 bits per heavy atom. The van der Waals surface area contributed by atoms with Crippen molar-refractivity contribution in [3.05, 3.63) is 54.0 Å². The van der Waals surface area contributed by atoms with Gasteiger partial charge in [0.25, 0.3) is 5.91 Å². The molecule has 2 aromatic rings. The molecule has 1 aromatic heterocycles. The van der Waals surface area contributed by atoms with Gasteiger partial charge in [-0.05, 0) is 37.1 Å². The van der Waals surface area contributed by atoms with Crippen molar-refractivity contribution < 1.29 is 14.0 Å². The van der Waals surface area contributed by atoms with Gasteiger partial charge in [-0.1, -0.05) is 25.0 Å². The molecule has 2 amide bonds. The van der Waals surface area contributed by atoms with Gasteiger partial charge < -0.3 is 15.1 Å². The first kappa shape index (κ1) is 17.6. The van der Waals surface area contributed by atoms with Crippen molar-refractivity contribution in [3.8, 4) is 0 Å². The van der Waals surface area contributed by atoms with Gasteiger partial charge in [-0.15, -0.1) is 11.8 Å². The summed E-state index contributed by atoms with van der Waals surface area (Å²) in [7, 11) is 0. The average molecular weight is 358 g/mol. The summed E-state index contributed by atoms with van der Waals surface area (Å²) in [6, 6.07) is 11.3. The monoisotopic (exact) mass is 358 g/mol. The molecule has 2 N–H and O–H groups in total. The van der Waals surface area contributed by atoms with Crippen molar-refractivity contribution in [2.75, 3.05) is 5.75 Å². The number of nitrogens with one attached hydrogen (secondary N) is 2.